The third-order valence-electron chi connectivity index (χ3n) is 4.06. The Morgan fingerprint density at radius 3 is 2.25 bits per heavy atom. The minimum Gasteiger partial charge on any atom is -0.316 e. The first-order chi connectivity index (χ1) is 5.79. The van der Waals surface area contributed by atoms with E-state index in [1.807, 2.05) is 0 Å². The molecule has 0 amide bonds. The maximum absolute atomic E-state index is 3.52. The van der Waals surface area contributed by atoms with Gasteiger partial charge in [0.05, 0.1) is 0 Å². The van der Waals surface area contributed by atoms with Crippen LogP contribution >= 0.6 is 0 Å². The van der Waals surface area contributed by atoms with Gasteiger partial charge in [0.25, 0.3) is 0 Å². The zero-order chi connectivity index (χ0) is 8.55. The van der Waals surface area contributed by atoms with Gasteiger partial charge in [-0.15, -0.1) is 0 Å². The number of hydrogen-bond donors (Lipinski definition) is 1. The van der Waals surface area contributed by atoms with Crippen molar-refractivity contribution in [3.8, 4) is 0 Å². The maximum atomic E-state index is 3.52. The average molecular weight is 167 g/mol. The summed E-state index contributed by atoms with van der Waals surface area (Å²) < 4.78 is 0. The molecule has 4 atom stereocenters. The first-order valence-corrected chi connectivity index (χ1v) is 5.49. The van der Waals surface area contributed by atoms with Crippen LogP contribution in [0.25, 0.3) is 0 Å². The molecule has 1 saturated carbocycles. The van der Waals surface area contributed by atoms with Gasteiger partial charge in [-0.25, -0.2) is 0 Å². The van der Waals surface area contributed by atoms with E-state index in [1.165, 1.54) is 32.4 Å². The molecule has 1 N–H and O–H groups in total. The Hall–Kier alpha value is -0.0400. The first kappa shape index (κ1) is 8.55. The van der Waals surface area contributed by atoms with Crippen LogP contribution in [0.15, 0.2) is 0 Å². The smallest absolute Gasteiger partial charge is 0.00146 e. The predicted molar refractivity (Wildman–Crippen MR) is 52.0 cm³/mol. The lowest BCUT2D eigenvalue weighted by atomic mass is 9.79. The second-order valence-electron chi connectivity index (χ2n) is 4.87. The quantitative estimate of drug-likeness (QED) is 0.632. The lowest BCUT2D eigenvalue weighted by Crippen LogP contribution is -2.23. The Bertz CT molecular complexity index is 137. The molecule has 0 spiro atoms. The SMILES string of the molecule is CC1CCCC1C1CNCC1C. The standard InChI is InChI=1S/C11H21N/c1-8-4-3-5-10(8)11-7-12-6-9(11)2/h8-12H,3-7H2,1-2H3. The molecule has 1 heteroatoms. The van der Waals surface area contributed by atoms with Gasteiger partial charge in [0.1, 0.15) is 0 Å². The maximum Gasteiger partial charge on any atom is -0.00146 e. The van der Waals surface area contributed by atoms with Crippen LogP contribution in [0.2, 0.25) is 0 Å². The normalized spacial score (nSPS) is 48.5. The molecule has 70 valence electrons. The Kier molecular flexibility index (Phi) is 2.40. The Labute approximate surface area is 75.9 Å². The summed E-state index contributed by atoms with van der Waals surface area (Å²) in [5.74, 6) is 3.95. The highest BCUT2D eigenvalue weighted by atomic mass is 14.9. The van der Waals surface area contributed by atoms with Crippen molar-refractivity contribution in [3.05, 3.63) is 0 Å². The van der Waals surface area contributed by atoms with Crippen molar-refractivity contribution in [3.63, 3.8) is 0 Å². The van der Waals surface area contributed by atoms with Crippen LogP contribution in [0, 0.1) is 23.7 Å². The first-order valence-electron chi connectivity index (χ1n) is 5.49. The van der Waals surface area contributed by atoms with Gasteiger partial charge < -0.3 is 5.32 Å². The van der Waals surface area contributed by atoms with E-state index in [4.69, 9.17) is 0 Å². The molecule has 0 aromatic carbocycles. The molecule has 1 aliphatic heterocycles. The molecule has 4 unspecified atom stereocenters. The molecule has 0 radical (unpaired) electrons. The second-order valence-corrected chi connectivity index (χ2v) is 4.87. The molecule has 1 aliphatic carbocycles. The van der Waals surface area contributed by atoms with E-state index in [1.54, 1.807) is 0 Å². The summed E-state index contributed by atoms with van der Waals surface area (Å²) in [6.45, 7) is 7.41. The number of rotatable bonds is 1. The summed E-state index contributed by atoms with van der Waals surface area (Å²) in [4.78, 5) is 0. The van der Waals surface area contributed by atoms with Crippen LogP contribution in [0.1, 0.15) is 33.1 Å². The van der Waals surface area contributed by atoms with Crippen molar-refractivity contribution < 1.29 is 0 Å². The van der Waals surface area contributed by atoms with E-state index in [9.17, 15) is 0 Å². The molecule has 1 heterocycles. The van der Waals surface area contributed by atoms with Gasteiger partial charge in [-0.2, -0.15) is 0 Å². The molecule has 2 fully saturated rings. The fraction of sp³-hybridized carbons (Fsp3) is 1.00. The predicted octanol–water partition coefficient (Wildman–Crippen LogP) is 2.28. The average Bonchev–Trinajstić information content (AvgIpc) is 2.59. The Balaban J connectivity index is 1.98. The van der Waals surface area contributed by atoms with Crippen LogP contribution in [-0.4, -0.2) is 13.1 Å². The highest BCUT2D eigenvalue weighted by molar-refractivity contribution is 4.88. The van der Waals surface area contributed by atoms with Crippen LogP contribution in [0.4, 0.5) is 0 Å². The van der Waals surface area contributed by atoms with Crippen molar-refractivity contribution in [1.29, 1.82) is 0 Å². The zero-order valence-electron chi connectivity index (χ0n) is 8.34. The summed E-state index contributed by atoms with van der Waals surface area (Å²) in [5, 5.41) is 3.52. The van der Waals surface area contributed by atoms with E-state index in [2.05, 4.69) is 19.2 Å². The molecular formula is C11H21N. The molecule has 0 bridgehead atoms. The summed E-state index contributed by atoms with van der Waals surface area (Å²) in [5.41, 5.74) is 0. The van der Waals surface area contributed by atoms with Gasteiger partial charge >= 0.3 is 0 Å². The minimum atomic E-state index is 0.926. The van der Waals surface area contributed by atoms with E-state index in [-0.39, 0.29) is 0 Å². The van der Waals surface area contributed by atoms with E-state index >= 15 is 0 Å². The van der Waals surface area contributed by atoms with Crippen molar-refractivity contribution >= 4 is 0 Å². The van der Waals surface area contributed by atoms with Crippen molar-refractivity contribution in [2.75, 3.05) is 13.1 Å². The van der Waals surface area contributed by atoms with Gasteiger partial charge in [-0.3, -0.25) is 0 Å². The third-order valence-corrected chi connectivity index (χ3v) is 4.06. The molecule has 1 saturated heterocycles. The molecule has 0 aromatic heterocycles. The van der Waals surface area contributed by atoms with E-state index in [0.29, 0.717) is 0 Å². The van der Waals surface area contributed by atoms with Crippen LogP contribution in [0.5, 0.6) is 0 Å². The second kappa shape index (κ2) is 3.37. The van der Waals surface area contributed by atoms with Gasteiger partial charge in [-0.1, -0.05) is 26.7 Å². The minimum absolute atomic E-state index is 0.926. The monoisotopic (exact) mass is 167 g/mol. The lowest BCUT2D eigenvalue weighted by Gasteiger charge is -2.25. The van der Waals surface area contributed by atoms with Gasteiger partial charge in [0.15, 0.2) is 0 Å². The van der Waals surface area contributed by atoms with Crippen molar-refractivity contribution in [1.82, 2.24) is 5.32 Å². The third kappa shape index (κ3) is 1.39. The molecule has 0 aromatic rings. The highest BCUT2D eigenvalue weighted by Gasteiger charge is 2.35. The summed E-state index contributed by atoms with van der Waals surface area (Å²) in [6, 6.07) is 0. The van der Waals surface area contributed by atoms with E-state index in [0.717, 1.165) is 23.7 Å². The largest absolute Gasteiger partial charge is 0.316 e. The van der Waals surface area contributed by atoms with Crippen molar-refractivity contribution in [2.45, 2.75) is 33.1 Å². The Morgan fingerprint density at radius 1 is 0.917 bits per heavy atom. The van der Waals surface area contributed by atoms with Gasteiger partial charge in [0, 0.05) is 0 Å². The van der Waals surface area contributed by atoms with Crippen LogP contribution < -0.4 is 5.32 Å². The topological polar surface area (TPSA) is 12.0 Å². The zero-order valence-corrected chi connectivity index (χ0v) is 8.34. The summed E-state index contributed by atoms with van der Waals surface area (Å²) in [7, 11) is 0. The number of nitrogens with one attached hydrogen (secondary N) is 1. The fourth-order valence-electron chi connectivity index (χ4n) is 3.21. The van der Waals surface area contributed by atoms with Crippen molar-refractivity contribution in [2.24, 2.45) is 23.7 Å². The highest BCUT2D eigenvalue weighted by Crippen LogP contribution is 2.40. The molecule has 1 nitrogen and oxygen atoms in total. The molecule has 12 heavy (non-hydrogen) atoms. The Morgan fingerprint density at radius 2 is 1.75 bits per heavy atom. The summed E-state index contributed by atoms with van der Waals surface area (Å²) >= 11 is 0. The number of hydrogen-bond acceptors (Lipinski definition) is 1. The van der Waals surface area contributed by atoms with E-state index < -0.39 is 0 Å². The van der Waals surface area contributed by atoms with Gasteiger partial charge in [0.2, 0.25) is 0 Å². The lowest BCUT2D eigenvalue weighted by molar-refractivity contribution is 0.247. The fourth-order valence-corrected chi connectivity index (χ4v) is 3.21. The van der Waals surface area contributed by atoms with Crippen LogP contribution in [0.3, 0.4) is 0 Å². The molecular weight excluding hydrogens is 146 g/mol. The molecule has 2 aliphatic rings. The van der Waals surface area contributed by atoms with Crippen LogP contribution in [-0.2, 0) is 0 Å². The van der Waals surface area contributed by atoms with Gasteiger partial charge in [-0.05, 0) is 43.2 Å². The molecule has 2 rings (SSSR count). The summed E-state index contributed by atoms with van der Waals surface area (Å²) in [6.07, 6.45) is 4.46.